The number of hydrogen-bond donors (Lipinski definition) is 2. The molecule has 96 valence electrons. The fourth-order valence-corrected chi connectivity index (χ4v) is 2.75. The molecule has 2 atom stereocenters. The number of likely N-dealkylation sites (N-methyl/N-ethyl adjacent to an activating group) is 1. The van der Waals surface area contributed by atoms with E-state index < -0.39 is 0 Å². The number of thiazole rings is 1. The van der Waals surface area contributed by atoms with Crippen molar-refractivity contribution in [2.75, 3.05) is 32.8 Å². The van der Waals surface area contributed by atoms with E-state index in [0.29, 0.717) is 12.0 Å². The molecular weight excluding hydrogens is 234 g/mol. The lowest BCUT2D eigenvalue weighted by atomic mass is 10.0. The molecule has 1 saturated heterocycles. The Bertz CT molecular complexity index is 305. The largest absolute Gasteiger partial charge is 0.379 e. The number of hydrogen-bond acceptors (Lipinski definition) is 5. The van der Waals surface area contributed by atoms with Gasteiger partial charge in [0, 0.05) is 36.9 Å². The summed E-state index contributed by atoms with van der Waals surface area (Å²) < 4.78 is 5.51. The predicted molar refractivity (Wildman–Crippen MR) is 70.5 cm³/mol. The molecule has 0 aromatic carbocycles. The molecule has 4 nitrogen and oxygen atoms in total. The molecule has 5 heteroatoms. The van der Waals surface area contributed by atoms with Crippen LogP contribution in [0.15, 0.2) is 10.9 Å². The molecule has 0 saturated carbocycles. The molecule has 0 bridgehead atoms. The summed E-state index contributed by atoms with van der Waals surface area (Å²) in [6, 6.07) is 0.520. The fraction of sp³-hybridized carbons (Fsp3) is 0.750. The summed E-state index contributed by atoms with van der Waals surface area (Å²) in [7, 11) is 0. The Labute approximate surface area is 107 Å². The third kappa shape index (κ3) is 4.03. The zero-order valence-electron chi connectivity index (χ0n) is 10.3. The van der Waals surface area contributed by atoms with Crippen molar-refractivity contribution in [1.82, 2.24) is 15.6 Å². The van der Waals surface area contributed by atoms with Gasteiger partial charge in [-0.3, -0.25) is 0 Å². The van der Waals surface area contributed by atoms with Gasteiger partial charge in [-0.2, -0.15) is 0 Å². The smallest absolute Gasteiger partial charge is 0.0794 e. The fourth-order valence-electron chi connectivity index (χ4n) is 2.15. The highest BCUT2D eigenvalue weighted by molar-refractivity contribution is 7.07. The number of ether oxygens (including phenoxy) is 1. The quantitative estimate of drug-likeness (QED) is 0.711. The normalized spacial score (nSPS) is 24.3. The predicted octanol–water partition coefficient (Wildman–Crippen LogP) is 0.900. The van der Waals surface area contributed by atoms with E-state index in [9.17, 15) is 0 Å². The average Bonchev–Trinajstić information content (AvgIpc) is 2.96. The van der Waals surface area contributed by atoms with Crippen molar-refractivity contribution in [1.29, 1.82) is 0 Å². The molecule has 0 amide bonds. The molecule has 1 aromatic rings. The Kier molecular flexibility index (Phi) is 5.38. The van der Waals surface area contributed by atoms with Crippen molar-refractivity contribution in [3.8, 4) is 0 Å². The molecule has 1 fully saturated rings. The third-order valence-corrected chi connectivity index (χ3v) is 3.75. The molecule has 2 rings (SSSR count). The van der Waals surface area contributed by atoms with Crippen LogP contribution in [0.3, 0.4) is 0 Å². The van der Waals surface area contributed by atoms with Gasteiger partial charge in [-0.15, -0.1) is 11.3 Å². The van der Waals surface area contributed by atoms with E-state index >= 15 is 0 Å². The summed E-state index contributed by atoms with van der Waals surface area (Å²) in [5, 5.41) is 9.08. The standard InChI is InChI=1S/C12H21N3OS/c1-2-14-12-7-16-6-10(12)5-13-4-3-11-8-17-9-15-11/h8-10,12-14H,2-7H2,1H3. The van der Waals surface area contributed by atoms with Crippen LogP contribution >= 0.6 is 11.3 Å². The Morgan fingerprint density at radius 1 is 1.53 bits per heavy atom. The number of aromatic nitrogens is 1. The topological polar surface area (TPSA) is 46.2 Å². The zero-order valence-corrected chi connectivity index (χ0v) is 11.1. The van der Waals surface area contributed by atoms with Crippen LogP contribution in [0, 0.1) is 5.92 Å². The summed E-state index contributed by atoms with van der Waals surface area (Å²) in [6.07, 6.45) is 1.02. The van der Waals surface area contributed by atoms with E-state index in [1.54, 1.807) is 11.3 Å². The van der Waals surface area contributed by atoms with E-state index in [-0.39, 0.29) is 0 Å². The van der Waals surface area contributed by atoms with Gasteiger partial charge in [-0.25, -0.2) is 4.98 Å². The van der Waals surface area contributed by atoms with Crippen molar-refractivity contribution in [3.63, 3.8) is 0 Å². The van der Waals surface area contributed by atoms with Gasteiger partial charge in [0.2, 0.25) is 0 Å². The maximum absolute atomic E-state index is 5.51. The van der Waals surface area contributed by atoms with Gasteiger partial charge in [0.25, 0.3) is 0 Å². The summed E-state index contributed by atoms with van der Waals surface area (Å²) in [6.45, 7) is 6.92. The van der Waals surface area contributed by atoms with E-state index in [2.05, 4.69) is 27.9 Å². The Balaban J connectivity index is 1.61. The van der Waals surface area contributed by atoms with Crippen LogP contribution in [0.2, 0.25) is 0 Å². The lowest BCUT2D eigenvalue weighted by Gasteiger charge is -2.18. The molecule has 0 aliphatic carbocycles. The van der Waals surface area contributed by atoms with Gasteiger partial charge in [0.15, 0.2) is 0 Å². The Morgan fingerprint density at radius 2 is 2.47 bits per heavy atom. The minimum Gasteiger partial charge on any atom is -0.379 e. The van der Waals surface area contributed by atoms with Crippen LogP contribution in [-0.2, 0) is 11.2 Å². The van der Waals surface area contributed by atoms with Crippen LogP contribution in [0.25, 0.3) is 0 Å². The molecule has 17 heavy (non-hydrogen) atoms. The first kappa shape index (κ1) is 13.0. The van der Waals surface area contributed by atoms with E-state index in [1.807, 2.05) is 5.51 Å². The molecule has 1 aliphatic heterocycles. The summed E-state index contributed by atoms with van der Waals surface area (Å²) in [4.78, 5) is 4.27. The number of nitrogens with zero attached hydrogens (tertiary/aromatic N) is 1. The van der Waals surface area contributed by atoms with E-state index in [1.165, 1.54) is 5.69 Å². The average molecular weight is 255 g/mol. The molecule has 0 spiro atoms. The number of rotatable bonds is 7. The SMILES string of the molecule is CCNC1COCC1CNCCc1cscn1. The Hall–Kier alpha value is -0.490. The minimum absolute atomic E-state index is 0.520. The first-order chi connectivity index (χ1) is 8.40. The van der Waals surface area contributed by atoms with Crippen LogP contribution in [0.1, 0.15) is 12.6 Å². The highest BCUT2D eigenvalue weighted by Gasteiger charge is 2.26. The summed E-state index contributed by atoms with van der Waals surface area (Å²) >= 11 is 1.66. The lowest BCUT2D eigenvalue weighted by Crippen LogP contribution is -2.40. The monoisotopic (exact) mass is 255 g/mol. The molecule has 2 heterocycles. The number of nitrogens with one attached hydrogen (secondary N) is 2. The van der Waals surface area contributed by atoms with Crippen molar-refractivity contribution >= 4 is 11.3 Å². The molecule has 1 aliphatic rings. The molecule has 2 unspecified atom stereocenters. The van der Waals surface area contributed by atoms with Crippen LogP contribution in [0.5, 0.6) is 0 Å². The maximum Gasteiger partial charge on any atom is 0.0794 e. The molecule has 1 aromatic heterocycles. The van der Waals surface area contributed by atoms with E-state index in [0.717, 1.165) is 39.3 Å². The first-order valence-corrected chi connectivity index (χ1v) is 7.23. The minimum atomic E-state index is 0.520. The van der Waals surface area contributed by atoms with Gasteiger partial charge in [-0.1, -0.05) is 6.92 Å². The molecule has 0 radical (unpaired) electrons. The van der Waals surface area contributed by atoms with Gasteiger partial charge in [-0.05, 0) is 6.54 Å². The second kappa shape index (κ2) is 7.06. The van der Waals surface area contributed by atoms with E-state index in [4.69, 9.17) is 4.74 Å². The van der Waals surface area contributed by atoms with Crippen molar-refractivity contribution in [2.45, 2.75) is 19.4 Å². The van der Waals surface area contributed by atoms with Crippen molar-refractivity contribution in [3.05, 3.63) is 16.6 Å². The summed E-state index contributed by atoms with van der Waals surface area (Å²) in [5.41, 5.74) is 3.08. The maximum atomic E-state index is 5.51. The van der Waals surface area contributed by atoms with Gasteiger partial charge < -0.3 is 15.4 Å². The molecule has 2 N–H and O–H groups in total. The van der Waals surface area contributed by atoms with Gasteiger partial charge in [0.1, 0.15) is 0 Å². The molecular formula is C12H21N3OS. The van der Waals surface area contributed by atoms with Crippen LogP contribution in [0.4, 0.5) is 0 Å². The van der Waals surface area contributed by atoms with Crippen LogP contribution in [-0.4, -0.2) is 43.9 Å². The zero-order chi connectivity index (χ0) is 11.9. The van der Waals surface area contributed by atoms with Gasteiger partial charge >= 0.3 is 0 Å². The lowest BCUT2D eigenvalue weighted by molar-refractivity contribution is 0.182. The second-order valence-corrected chi connectivity index (χ2v) is 5.11. The highest BCUT2D eigenvalue weighted by atomic mass is 32.1. The highest BCUT2D eigenvalue weighted by Crippen LogP contribution is 2.12. The van der Waals surface area contributed by atoms with Crippen molar-refractivity contribution in [2.24, 2.45) is 5.92 Å². The van der Waals surface area contributed by atoms with Crippen LogP contribution < -0.4 is 10.6 Å². The Morgan fingerprint density at radius 3 is 3.24 bits per heavy atom. The second-order valence-electron chi connectivity index (χ2n) is 4.40. The summed E-state index contributed by atoms with van der Waals surface area (Å²) in [5.74, 6) is 0.602. The van der Waals surface area contributed by atoms with Gasteiger partial charge in [0.05, 0.1) is 24.4 Å². The third-order valence-electron chi connectivity index (χ3n) is 3.11. The van der Waals surface area contributed by atoms with Crippen molar-refractivity contribution < 1.29 is 4.74 Å². The first-order valence-electron chi connectivity index (χ1n) is 6.29.